The molecule has 21 heavy (non-hydrogen) atoms. The number of aromatic nitrogens is 2. The van der Waals surface area contributed by atoms with E-state index in [2.05, 4.69) is 27.6 Å². The highest BCUT2D eigenvalue weighted by molar-refractivity contribution is 5.79. The third-order valence-corrected chi connectivity index (χ3v) is 4.43. The number of guanidine groups is 1. The minimum Gasteiger partial charge on any atom is -0.388 e. The van der Waals surface area contributed by atoms with Crippen LogP contribution in [0, 0.1) is 13.8 Å². The van der Waals surface area contributed by atoms with Gasteiger partial charge in [-0.25, -0.2) is 0 Å². The van der Waals surface area contributed by atoms with Crippen LogP contribution in [-0.2, 0) is 13.6 Å². The van der Waals surface area contributed by atoms with Gasteiger partial charge in [0.25, 0.3) is 0 Å². The first-order chi connectivity index (χ1) is 9.95. The van der Waals surface area contributed by atoms with E-state index in [-0.39, 0.29) is 0 Å². The van der Waals surface area contributed by atoms with Gasteiger partial charge in [0.1, 0.15) is 0 Å². The maximum absolute atomic E-state index is 10.4. The van der Waals surface area contributed by atoms with Crippen LogP contribution < -0.4 is 10.6 Å². The molecule has 6 heteroatoms. The lowest BCUT2D eigenvalue weighted by atomic mass is 10.0. The molecule has 6 nitrogen and oxygen atoms in total. The molecule has 0 aliphatic heterocycles. The Hall–Kier alpha value is -1.56. The first kappa shape index (κ1) is 15.8. The molecule has 0 bridgehead atoms. The van der Waals surface area contributed by atoms with E-state index in [9.17, 15) is 5.11 Å². The highest BCUT2D eigenvalue weighted by Gasteiger charge is 2.30. The first-order valence-corrected chi connectivity index (χ1v) is 7.61. The number of rotatable bonds is 4. The molecule has 0 atom stereocenters. The zero-order chi connectivity index (χ0) is 15.5. The minimum atomic E-state index is -0.572. The fourth-order valence-electron chi connectivity index (χ4n) is 2.92. The summed E-state index contributed by atoms with van der Waals surface area (Å²) in [6.45, 7) is 5.32. The van der Waals surface area contributed by atoms with Gasteiger partial charge in [0.15, 0.2) is 5.96 Å². The molecule has 1 aliphatic carbocycles. The molecular formula is C15H27N5O. The van der Waals surface area contributed by atoms with Crippen molar-refractivity contribution in [3.63, 3.8) is 0 Å². The number of nitrogens with zero attached hydrogens (tertiary/aromatic N) is 3. The van der Waals surface area contributed by atoms with Gasteiger partial charge < -0.3 is 15.7 Å². The standard InChI is InChI=1S/C15H27N5O/c1-11-13(12(2)20(4)19-11)9-17-14(16-3)18-10-15(21)7-5-6-8-15/h21H,5-10H2,1-4H3,(H2,16,17,18). The van der Waals surface area contributed by atoms with E-state index in [4.69, 9.17) is 0 Å². The molecule has 1 saturated carbocycles. The number of aliphatic imine (C=N–C) groups is 1. The lowest BCUT2D eigenvalue weighted by Gasteiger charge is -2.23. The van der Waals surface area contributed by atoms with Crippen molar-refractivity contribution in [1.29, 1.82) is 0 Å². The molecule has 0 unspecified atom stereocenters. The van der Waals surface area contributed by atoms with E-state index in [1.165, 1.54) is 5.56 Å². The van der Waals surface area contributed by atoms with Crippen molar-refractivity contribution in [3.05, 3.63) is 17.0 Å². The van der Waals surface area contributed by atoms with E-state index < -0.39 is 5.60 Å². The van der Waals surface area contributed by atoms with Gasteiger partial charge in [-0.1, -0.05) is 12.8 Å². The Morgan fingerprint density at radius 1 is 1.33 bits per heavy atom. The number of aliphatic hydroxyl groups is 1. The lowest BCUT2D eigenvalue weighted by molar-refractivity contribution is 0.0522. The van der Waals surface area contributed by atoms with Gasteiger partial charge in [-0.15, -0.1) is 0 Å². The quantitative estimate of drug-likeness (QED) is 0.572. The summed E-state index contributed by atoms with van der Waals surface area (Å²) >= 11 is 0. The summed E-state index contributed by atoms with van der Waals surface area (Å²) in [5.41, 5.74) is 2.81. The van der Waals surface area contributed by atoms with E-state index in [1.54, 1.807) is 7.05 Å². The largest absolute Gasteiger partial charge is 0.388 e. The van der Waals surface area contributed by atoms with Crippen LogP contribution in [0.1, 0.15) is 42.6 Å². The monoisotopic (exact) mass is 293 g/mol. The Kier molecular flexibility index (Phi) is 4.88. The van der Waals surface area contributed by atoms with Crippen LogP contribution in [0.3, 0.4) is 0 Å². The van der Waals surface area contributed by atoms with Gasteiger partial charge >= 0.3 is 0 Å². The second kappa shape index (κ2) is 6.47. The molecular weight excluding hydrogens is 266 g/mol. The molecule has 0 spiro atoms. The number of hydrogen-bond acceptors (Lipinski definition) is 3. The van der Waals surface area contributed by atoms with Crippen molar-refractivity contribution in [1.82, 2.24) is 20.4 Å². The number of hydrogen-bond donors (Lipinski definition) is 3. The molecule has 1 aromatic heterocycles. The zero-order valence-corrected chi connectivity index (χ0v) is 13.5. The second-order valence-electron chi connectivity index (χ2n) is 5.98. The van der Waals surface area contributed by atoms with Crippen molar-refractivity contribution in [2.24, 2.45) is 12.0 Å². The Balaban J connectivity index is 1.88. The normalized spacial score (nSPS) is 18.0. The predicted octanol–water partition coefficient (Wildman–Crippen LogP) is 1.01. The predicted molar refractivity (Wildman–Crippen MR) is 84.3 cm³/mol. The Bertz CT molecular complexity index is 514. The maximum atomic E-state index is 10.4. The van der Waals surface area contributed by atoms with Gasteiger partial charge in [-0.05, 0) is 26.7 Å². The second-order valence-corrected chi connectivity index (χ2v) is 5.98. The minimum absolute atomic E-state index is 0.553. The summed E-state index contributed by atoms with van der Waals surface area (Å²) in [6.07, 6.45) is 3.96. The molecule has 2 rings (SSSR count). The molecule has 0 radical (unpaired) electrons. The molecule has 3 N–H and O–H groups in total. The maximum Gasteiger partial charge on any atom is 0.191 e. The SMILES string of the molecule is CN=C(NCc1c(C)nn(C)c1C)NCC1(O)CCCC1. The third-order valence-electron chi connectivity index (χ3n) is 4.43. The highest BCUT2D eigenvalue weighted by atomic mass is 16.3. The van der Waals surface area contributed by atoms with E-state index >= 15 is 0 Å². The van der Waals surface area contributed by atoms with Crippen LogP contribution in [0.2, 0.25) is 0 Å². The van der Waals surface area contributed by atoms with Gasteiger partial charge in [-0.3, -0.25) is 9.67 Å². The third kappa shape index (κ3) is 3.75. The topological polar surface area (TPSA) is 74.5 Å². The average Bonchev–Trinajstić information content (AvgIpc) is 2.98. The van der Waals surface area contributed by atoms with E-state index in [0.29, 0.717) is 13.1 Å². The van der Waals surface area contributed by atoms with Crippen LogP contribution in [-0.4, -0.2) is 40.0 Å². The number of aryl methyl sites for hydroxylation is 2. The lowest BCUT2D eigenvalue weighted by Crippen LogP contribution is -2.45. The van der Waals surface area contributed by atoms with Crippen molar-refractivity contribution >= 4 is 5.96 Å². The number of nitrogens with one attached hydrogen (secondary N) is 2. The Morgan fingerprint density at radius 3 is 2.52 bits per heavy atom. The van der Waals surface area contributed by atoms with Gasteiger partial charge in [0, 0.05) is 38.4 Å². The fourth-order valence-corrected chi connectivity index (χ4v) is 2.92. The molecule has 0 amide bonds. The van der Waals surface area contributed by atoms with Gasteiger partial charge in [-0.2, -0.15) is 5.10 Å². The molecule has 1 heterocycles. The molecule has 1 aliphatic rings. The van der Waals surface area contributed by atoms with Crippen LogP contribution >= 0.6 is 0 Å². The smallest absolute Gasteiger partial charge is 0.191 e. The van der Waals surface area contributed by atoms with E-state index in [0.717, 1.165) is 43.0 Å². The van der Waals surface area contributed by atoms with Crippen molar-refractivity contribution in [2.45, 2.75) is 51.7 Å². The average molecular weight is 293 g/mol. The first-order valence-electron chi connectivity index (χ1n) is 7.61. The van der Waals surface area contributed by atoms with Crippen LogP contribution in [0.4, 0.5) is 0 Å². The Labute approximate surface area is 126 Å². The molecule has 0 saturated heterocycles. The Morgan fingerprint density at radius 2 is 2.00 bits per heavy atom. The van der Waals surface area contributed by atoms with Crippen molar-refractivity contribution < 1.29 is 5.11 Å². The summed E-state index contributed by atoms with van der Waals surface area (Å²) in [5.74, 6) is 0.720. The highest BCUT2D eigenvalue weighted by Crippen LogP contribution is 2.28. The summed E-state index contributed by atoms with van der Waals surface area (Å²) in [5, 5.41) is 21.3. The zero-order valence-electron chi connectivity index (χ0n) is 13.5. The van der Waals surface area contributed by atoms with Crippen molar-refractivity contribution in [3.8, 4) is 0 Å². The van der Waals surface area contributed by atoms with Gasteiger partial charge in [0.05, 0.1) is 11.3 Å². The molecule has 1 fully saturated rings. The van der Waals surface area contributed by atoms with Crippen LogP contribution in [0.25, 0.3) is 0 Å². The summed E-state index contributed by atoms with van der Waals surface area (Å²) in [7, 11) is 3.70. The van der Waals surface area contributed by atoms with E-state index in [1.807, 2.05) is 18.7 Å². The van der Waals surface area contributed by atoms with Crippen molar-refractivity contribution in [2.75, 3.05) is 13.6 Å². The summed E-state index contributed by atoms with van der Waals surface area (Å²) in [6, 6.07) is 0. The van der Waals surface area contributed by atoms with Crippen LogP contribution in [0.5, 0.6) is 0 Å². The van der Waals surface area contributed by atoms with Crippen LogP contribution in [0.15, 0.2) is 4.99 Å². The summed E-state index contributed by atoms with van der Waals surface area (Å²) < 4.78 is 1.89. The van der Waals surface area contributed by atoms with Gasteiger partial charge in [0.2, 0.25) is 0 Å². The summed E-state index contributed by atoms with van der Waals surface area (Å²) in [4.78, 5) is 4.22. The molecule has 118 valence electrons. The molecule has 1 aromatic rings. The fraction of sp³-hybridized carbons (Fsp3) is 0.733. The molecule has 0 aromatic carbocycles.